The fraction of sp³-hybridized carbons (Fsp3) is 0.440. The number of benzene rings is 2. The normalized spacial score (nSPS) is 26.0. The monoisotopic (exact) mass is 438 g/mol. The molecule has 1 saturated carbocycles. The second-order valence-electron chi connectivity index (χ2n) is 8.60. The minimum atomic E-state index is -4.75. The fourth-order valence-corrected chi connectivity index (χ4v) is 5.62. The van der Waals surface area contributed by atoms with Gasteiger partial charge >= 0.3 is 6.18 Å². The van der Waals surface area contributed by atoms with Gasteiger partial charge in [-0.2, -0.15) is 13.2 Å². The van der Waals surface area contributed by atoms with Crippen molar-refractivity contribution < 1.29 is 26.3 Å². The molecule has 0 spiro atoms. The van der Waals surface area contributed by atoms with Crippen LogP contribution in [0.1, 0.15) is 66.7 Å². The van der Waals surface area contributed by atoms with E-state index in [1.165, 1.54) is 12.1 Å². The third kappa shape index (κ3) is 4.13. The number of halogens is 6. The lowest BCUT2D eigenvalue weighted by atomic mass is 9.58. The molecule has 0 heterocycles. The standard InChI is InChI=1S/C25H24F6/c1-2-3-4-14-5-7-17-19(9-8-18-20(17)12-16(26)13-22(18)27)24(14)15-6-10-21(23(28)11-15)25(29,30)31/h3-4,6,10-14,17,19,24H,2,5,7-9H2,1H3. The summed E-state index contributed by atoms with van der Waals surface area (Å²) in [6.07, 6.45) is 2.68. The molecule has 0 amide bonds. The van der Waals surface area contributed by atoms with E-state index in [1.54, 1.807) is 0 Å². The quantitative estimate of drug-likeness (QED) is 0.337. The molecular weight excluding hydrogens is 414 g/mol. The van der Waals surface area contributed by atoms with Gasteiger partial charge in [-0.15, -0.1) is 0 Å². The summed E-state index contributed by atoms with van der Waals surface area (Å²) < 4.78 is 81.9. The second kappa shape index (κ2) is 8.36. The molecule has 0 saturated heterocycles. The molecule has 1 fully saturated rings. The van der Waals surface area contributed by atoms with Crippen LogP contribution in [0.25, 0.3) is 0 Å². The Hall–Kier alpha value is -2.24. The van der Waals surface area contributed by atoms with Gasteiger partial charge in [-0.05, 0) is 90.7 Å². The Morgan fingerprint density at radius 2 is 1.74 bits per heavy atom. The molecule has 2 aliphatic carbocycles. The van der Waals surface area contributed by atoms with Gasteiger partial charge < -0.3 is 0 Å². The first-order valence-corrected chi connectivity index (χ1v) is 10.7. The van der Waals surface area contributed by atoms with E-state index < -0.39 is 29.2 Å². The van der Waals surface area contributed by atoms with E-state index in [0.29, 0.717) is 29.5 Å². The van der Waals surface area contributed by atoms with Crippen molar-refractivity contribution >= 4 is 0 Å². The summed E-state index contributed by atoms with van der Waals surface area (Å²) in [7, 11) is 0. The summed E-state index contributed by atoms with van der Waals surface area (Å²) in [5.74, 6) is -2.74. The van der Waals surface area contributed by atoms with E-state index in [9.17, 15) is 26.3 Å². The zero-order valence-electron chi connectivity index (χ0n) is 17.2. The van der Waals surface area contributed by atoms with Crippen molar-refractivity contribution in [3.63, 3.8) is 0 Å². The molecule has 0 bridgehead atoms. The predicted octanol–water partition coefficient (Wildman–Crippen LogP) is 7.93. The van der Waals surface area contributed by atoms with Crippen molar-refractivity contribution in [2.45, 2.75) is 57.0 Å². The lowest BCUT2D eigenvalue weighted by molar-refractivity contribution is -0.140. The molecule has 4 atom stereocenters. The molecule has 4 unspecified atom stereocenters. The second-order valence-corrected chi connectivity index (χ2v) is 8.60. The van der Waals surface area contributed by atoms with E-state index in [-0.39, 0.29) is 23.7 Å². The van der Waals surface area contributed by atoms with Gasteiger partial charge in [0.25, 0.3) is 0 Å². The number of allylic oxidation sites excluding steroid dienone is 2. The van der Waals surface area contributed by atoms with Gasteiger partial charge in [-0.3, -0.25) is 0 Å². The highest BCUT2D eigenvalue weighted by atomic mass is 19.4. The van der Waals surface area contributed by atoms with Crippen LogP contribution in [0.15, 0.2) is 42.5 Å². The van der Waals surface area contributed by atoms with Gasteiger partial charge in [-0.25, -0.2) is 13.2 Å². The maximum Gasteiger partial charge on any atom is 0.419 e. The highest BCUT2D eigenvalue weighted by molar-refractivity contribution is 5.39. The van der Waals surface area contributed by atoms with Gasteiger partial charge in [0.15, 0.2) is 0 Å². The van der Waals surface area contributed by atoms with E-state index in [0.717, 1.165) is 37.5 Å². The molecular formula is C25H24F6. The van der Waals surface area contributed by atoms with E-state index in [2.05, 4.69) is 6.08 Å². The van der Waals surface area contributed by atoms with Crippen LogP contribution < -0.4 is 0 Å². The first kappa shape index (κ1) is 22.0. The Balaban J connectivity index is 1.77. The zero-order valence-corrected chi connectivity index (χ0v) is 17.2. The van der Waals surface area contributed by atoms with Crippen LogP contribution in [0.5, 0.6) is 0 Å². The Bertz CT molecular complexity index is 990. The zero-order chi connectivity index (χ0) is 22.3. The third-order valence-electron chi connectivity index (χ3n) is 6.87. The van der Waals surface area contributed by atoms with E-state index in [1.807, 2.05) is 13.0 Å². The van der Waals surface area contributed by atoms with E-state index >= 15 is 0 Å². The molecule has 2 aliphatic rings. The van der Waals surface area contributed by atoms with Crippen LogP contribution in [0.2, 0.25) is 0 Å². The molecule has 0 radical (unpaired) electrons. The topological polar surface area (TPSA) is 0 Å². The molecule has 166 valence electrons. The highest BCUT2D eigenvalue weighted by Crippen LogP contribution is 2.54. The number of alkyl halides is 3. The summed E-state index contributed by atoms with van der Waals surface area (Å²) in [6.45, 7) is 2.00. The van der Waals surface area contributed by atoms with Crippen LogP contribution >= 0.6 is 0 Å². The lowest BCUT2D eigenvalue weighted by Crippen LogP contribution is -2.35. The molecule has 0 nitrogen and oxygen atoms in total. The molecule has 4 rings (SSSR count). The number of rotatable bonds is 3. The summed E-state index contributed by atoms with van der Waals surface area (Å²) in [5, 5.41) is 0. The van der Waals surface area contributed by atoms with Crippen molar-refractivity contribution in [2.75, 3.05) is 0 Å². The SMILES string of the molecule is CCC=CC1CCC2c3cc(F)cc(F)c3CCC2C1c1ccc(C(F)(F)F)c(F)c1. The van der Waals surface area contributed by atoms with Gasteiger partial charge in [-0.1, -0.05) is 25.1 Å². The Morgan fingerprint density at radius 3 is 2.42 bits per heavy atom. The highest BCUT2D eigenvalue weighted by Gasteiger charge is 2.43. The average Bonchev–Trinajstić information content (AvgIpc) is 2.70. The molecule has 6 heteroatoms. The average molecular weight is 438 g/mol. The molecule has 0 N–H and O–H groups in total. The fourth-order valence-electron chi connectivity index (χ4n) is 5.62. The van der Waals surface area contributed by atoms with Gasteiger partial charge in [0.1, 0.15) is 17.5 Å². The molecule has 2 aromatic rings. The minimum Gasteiger partial charge on any atom is -0.207 e. The smallest absolute Gasteiger partial charge is 0.207 e. The van der Waals surface area contributed by atoms with Crippen LogP contribution in [0.3, 0.4) is 0 Å². The summed E-state index contributed by atoms with van der Waals surface area (Å²) in [4.78, 5) is 0. The van der Waals surface area contributed by atoms with Crippen molar-refractivity contribution in [1.29, 1.82) is 0 Å². The molecule has 0 aromatic heterocycles. The Morgan fingerprint density at radius 1 is 0.968 bits per heavy atom. The maximum atomic E-state index is 14.4. The first-order chi connectivity index (χ1) is 14.7. The van der Waals surface area contributed by atoms with Crippen molar-refractivity contribution in [2.24, 2.45) is 11.8 Å². The van der Waals surface area contributed by atoms with E-state index in [4.69, 9.17) is 0 Å². The number of hydrogen-bond acceptors (Lipinski definition) is 0. The van der Waals surface area contributed by atoms with Crippen LogP contribution in [-0.2, 0) is 12.6 Å². The largest absolute Gasteiger partial charge is 0.419 e. The summed E-state index contributed by atoms with van der Waals surface area (Å²) in [5.41, 5.74) is 0.431. The Kier molecular flexibility index (Phi) is 5.93. The van der Waals surface area contributed by atoms with Crippen LogP contribution in [0.4, 0.5) is 26.3 Å². The van der Waals surface area contributed by atoms with Crippen LogP contribution in [0, 0.1) is 29.3 Å². The number of fused-ring (bicyclic) bond motifs is 3. The van der Waals surface area contributed by atoms with Crippen LogP contribution in [-0.4, -0.2) is 0 Å². The molecule has 0 aliphatic heterocycles. The number of hydrogen-bond donors (Lipinski definition) is 0. The van der Waals surface area contributed by atoms with Gasteiger partial charge in [0, 0.05) is 6.07 Å². The maximum absolute atomic E-state index is 14.4. The predicted molar refractivity (Wildman–Crippen MR) is 107 cm³/mol. The van der Waals surface area contributed by atoms with Crippen molar-refractivity contribution in [3.8, 4) is 0 Å². The van der Waals surface area contributed by atoms with Crippen molar-refractivity contribution in [1.82, 2.24) is 0 Å². The van der Waals surface area contributed by atoms with Gasteiger partial charge in [0.2, 0.25) is 0 Å². The van der Waals surface area contributed by atoms with Gasteiger partial charge in [0.05, 0.1) is 5.56 Å². The summed E-state index contributed by atoms with van der Waals surface area (Å²) >= 11 is 0. The minimum absolute atomic E-state index is 0.0231. The molecule has 31 heavy (non-hydrogen) atoms. The molecule has 2 aromatic carbocycles. The summed E-state index contributed by atoms with van der Waals surface area (Å²) in [6, 6.07) is 5.47. The third-order valence-corrected chi connectivity index (χ3v) is 6.87. The Labute approximate surface area is 178 Å². The lowest BCUT2D eigenvalue weighted by Gasteiger charge is -2.46. The van der Waals surface area contributed by atoms with Crippen molar-refractivity contribution in [3.05, 3.63) is 82.2 Å². The first-order valence-electron chi connectivity index (χ1n) is 10.7.